The Labute approximate surface area is 104 Å². The first-order chi connectivity index (χ1) is 8.08. The summed E-state index contributed by atoms with van der Waals surface area (Å²) in [7, 11) is 0. The Morgan fingerprint density at radius 1 is 1.24 bits per heavy atom. The molecule has 0 aromatic heterocycles. The topological polar surface area (TPSA) is 12.0 Å². The molecule has 0 bridgehead atoms. The minimum Gasteiger partial charge on any atom is -0.314 e. The van der Waals surface area contributed by atoms with E-state index in [0.717, 1.165) is 24.4 Å². The average Bonchev–Trinajstić information content (AvgIpc) is 2.24. The van der Waals surface area contributed by atoms with E-state index in [1.54, 1.807) is 12.1 Å². The van der Waals surface area contributed by atoms with Crippen molar-refractivity contribution in [2.45, 2.75) is 46.1 Å². The fourth-order valence-electron chi connectivity index (χ4n) is 1.95. The van der Waals surface area contributed by atoms with Gasteiger partial charge in [-0.1, -0.05) is 26.0 Å². The summed E-state index contributed by atoms with van der Waals surface area (Å²) in [6.45, 7) is 7.70. The normalized spacial score (nSPS) is 13.0. The number of hydrogen-bond donors (Lipinski definition) is 1. The van der Waals surface area contributed by atoms with Crippen LogP contribution in [0.2, 0.25) is 0 Å². The fourth-order valence-corrected chi connectivity index (χ4v) is 1.95. The molecule has 1 aromatic rings. The number of halogens is 1. The summed E-state index contributed by atoms with van der Waals surface area (Å²) in [6, 6.07) is 7.27. The molecule has 1 atom stereocenters. The zero-order valence-electron chi connectivity index (χ0n) is 11.2. The van der Waals surface area contributed by atoms with Crippen LogP contribution in [0.1, 0.15) is 39.2 Å². The van der Waals surface area contributed by atoms with Crippen LogP contribution in [0.15, 0.2) is 24.3 Å². The van der Waals surface area contributed by atoms with Crippen molar-refractivity contribution in [3.63, 3.8) is 0 Å². The Bertz CT molecular complexity index is 322. The van der Waals surface area contributed by atoms with Crippen molar-refractivity contribution < 1.29 is 4.39 Å². The fraction of sp³-hybridized carbons (Fsp3) is 0.600. The predicted octanol–water partition coefficient (Wildman–Crippen LogP) is 3.78. The molecule has 0 saturated carbocycles. The van der Waals surface area contributed by atoms with Gasteiger partial charge in [0.2, 0.25) is 0 Å². The first kappa shape index (κ1) is 14.2. The van der Waals surface area contributed by atoms with Crippen LogP contribution in [0.25, 0.3) is 0 Å². The van der Waals surface area contributed by atoms with Gasteiger partial charge in [0.25, 0.3) is 0 Å². The van der Waals surface area contributed by atoms with Crippen LogP contribution in [-0.4, -0.2) is 12.6 Å². The molecule has 0 radical (unpaired) electrons. The summed E-state index contributed by atoms with van der Waals surface area (Å²) in [5.74, 6) is 0.629. The number of hydrogen-bond acceptors (Lipinski definition) is 1. The van der Waals surface area contributed by atoms with E-state index >= 15 is 0 Å². The third-order valence-corrected chi connectivity index (χ3v) is 2.88. The van der Waals surface area contributed by atoms with Gasteiger partial charge in [0.1, 0.15) is 5.82 Å². The van der Waals surface area contributed by atoms with Gasteiger partial charge in [-0.15, -0.1) is 0 Å². The van der Waals surface area contributed by atoms with E-state index in [2.05, 4.69) is 26.1 Å². The second kappa shape index (κ2) is 7.44. The maximum atomic E-state index is 13.0. The zero-order valence-corrected chi connectivity index (χ0v) is 11.2. The second-order valence-corrected chi connectivity index (χ2v) is 5.23. The Balaban J connectivity index is 2.23. The van der Waals surface area contributed by atoms with Gasteiger partial charge < -0.3 is 5.32 Å². The first-order valence-electron chi connectivity index (χ1n) is 6.55. The molecule has 1 rings (SSSR count). The highest BCUT2D eigenvalue weighted by Crippen LogP contribution is 2.07. The summed E-state index contributed by atoms with van der Waals surface area (Å²) in [5, 5.41) is 3.48. The van der Waals surface area contributed by atoms with Crippen LogP contribution in [0, 0.1) is 11.7 Å². The molecular formula is C15H24FN. The van der Waals surface area contributed by atoms with Crippen LogP contribution in [0.5, 0.6) is 0 Å². The van der Waals surface area contributed by atoms with Crippen LogP contribution >= 0.6 is 0 Å². The molecule has 2 heteroatoms. The van der Waals surface area contributed by atoms with E-state index < -0.39 is 0 Å². The molecule has 96 valence electrons. The molecule has 0 saturated heterocycles. The maximum Gasteiger partial charge on any atom is 0.123 e. The molecule has 0 aliphatic rings. The minimum absolute atomic E-state index is 0.144. The summed E-state index contributed by atoms with van der Waals surface area (Å²) >= 11 is 0. The van der Waals surface area contributed by atoms with E-state index in [-0.39, 0.29) is 5.82 Å². The Morgan fingerprint density at radius 2 is 2.00 bits per heavy atom. The molecule has 1 N–H and O–H groups in total. The highest BCUT2D eigenvalue weighted by atomic mass is 19.1. The monoisotopic (exact) mass is 237 g/mol. The molecule has 0 amide bonds. The standard InChI is InChI=1S/C15H24FN/c1-12(2)6-5-9-17-13(3)10-14-7-4-8-15(16)11-14/h4,7-8,11-13,17H,5-6,9-10H2,1-3H3. The van der Waals surface area contributed by atoms with Gasteiger partial charge in [-0.25, -0.2) is 4.39 Å². The summed E-state index contributed by atoms with van der Waals surface area (Å²) in [4.78, 5) is 0. The summed E-state index contributed by atoms with van der Waals surface area (Å²) < 4.78 is 13.0. The molecule has 1 unspecified atom stereocenters. The SMILES string of the molecule is CC(C)CCCNC(C)Cc1cccc(F)c1. The van der Waals surface area contributed by atoms with Crippen molar-refractivity contribution >= 4 is 0 Å². The Kier molecular flexibility index (Phi) is 6.20. The van der Waals surface area contributed by atoms with E-state index in [1.807, 2.05) is 6.07 Å². The lowest BCUT2D eigenvalue weighted by Crippen LogP contribution is -2.29. The lowest BCUT2D eigenvalue weighted by molar-refractivity contribution is 0.486. The average molecular weight is 237 g/mol. The minimum atomic E-state index is -0.144. The third kappa shape index (κ3) is 6.42. The van der Waals surface area contributed by atoms with Gasteiger partial charge in [0.05, 0.1) is 0 Å². The lowest BCUT2D eigenvalue weighted by Gasteiger charge is -2.14. The Morgan fingerprint density at radius 3 is 2.65 bits per heavy atom. The largest absolute Gasteiger partial charge is 0.314 e. The molecule has 0 spiro atoms. The van der Waals surface area contributed by atoms with E-state index in [0.29, 0.717) is 6.04 Å². The molecule has 1 aromatic carbocycles. The van der Waals surface area contributed by atoms with Crippen LogP contribution in [-0.2, 0) is 6.42 Å². The van der Waals surface area contributed by atoms with Crippen molar-refractivity contribution in [2.24, 2.45) is 5.92 Å². The summed E-state index contributed by atoms with van der Waals surface area (Å²) in [6.07, 6.45) is 3.37. The van der Waals surface area contributed by atoms with Gasteiger partial charge >= 0.3 is 0 Å². The van der Waals surface area contributed by atoms with Gasteiger partial charge in [0, 0.05) is 6.04 Å². The summed E-state index contributed by atoms with van der Waals surface area (Å²) in [5.41, 5.74) is 1.06. The smallest absolute Gasteiger partial charge is 0.123 e. The molecule has 0 aliphatic carbocycles. The van der Waals surface area contributed by atoms with Gasteiger partial charge in [-0.2, -0.15) is 0 Å². The van der Waals surface area contributed by atoms with E-state index in [4.69, 9.17) is 0 Å². The molecule has 0 heterocycles. The van der Waals surface area contributed by atoms with Crippen molar-refractivity contribution in [1.82, 2.24) is 5.32 Å². The van der Waals surface area contributed by atoms with Crippen LogP contribution in [0.3, 0.4) is 0 Å². The van der Waals surface area contributed by atoms with E-state index in [1.165, 1.54) is 18.9 Å². The molecule has 0 aliphatic heterocycles. The highest BCUT2D eigenvalue weighted by molar-refractivity contribution is 5.17. The lowest BCUT2D eigenvalue weighted by atomic mass is 10.1. The van der Waals surface area contributed by atoms with Crippen LogP contribution in [0.4, 0.5) is 4.39 Å². The van der Waals surface area contributed by atoms with Crippen molar-refractivity contribution in [3.05, 3.63) is 35.6 Å². The maximum absolute atomic E-state index is 13.0. The molecular weight excluding hydrogens is 213 g/mol. The first-order valence-corrected chi connectivity index (χ1v) is 6.55. The Hall–Kier alpha value is -0.890. The number of nitrogens with one attached hydrogen (secondary N) is 1. The third-order valence-electron chi connectivity index (χ3n) is 2.88. The quantitative estimate of drug-likeness (QED) is 0.712. The highest BCUT2D eigenvalue weighted by Gasteiger charge is 2.03. The predicted molar refractivity (Wildman–Crippen MR) is 71.6 cm³/mol. The molecule has 1 nitrogen and oxygen atoms in total. The van der Waals surface area contributed by atoms with E-state index in [9.17, 15) is 4.39 Å². The zero-order chi connectivity index (χ0) is 12.7. The number of benzene rings is 1. The van der Waals surface area contributed by atoms with Gasteiger partial charge in [-0.05, 0) is 56.3 Å². The number of rotatable bonds is 7. The van der Waals surface area contributed by atoms with Crippen molar-refractivity contribution in [1.29, 1.82) is 0 Å². The van der Waals surface area contributed by atoms with Gasteiger partial charge in [-0.3, -0.25) is 0 Å². The van der Waals surface area contributed by atoms with Crippen molar-refractivity contribution in [3.8, 4) is 0 Å². The molecule has 17 heavy (non-hydrogen) atoms. The molecule has 0 fully saturated rings. The van der Waals surface area contributed by atoms with Crippen LogP contribution < -0.4 is 5.32 Å². The van der Waals surface area contributed by atoms with Gasteiger partial charge in [0.15, 0.2) is 0 Å². The van der Waals surface area contributed by atoms with Crippen molar-refractivity contribution in [2.75, 3.05) is 6.54 Å². The second-order valence-electron chi connectivity index (χ2n) is 5.23.